The first-order valence-electron chi connectivity index (χ1n) is 10.3. The summed E-state index contributed by atoms with van der Waals surface area (Å²) in [6, 6.07) is 14.4. The first-order chi connectivity index (χ1) is 15.6. The fraction of sp³-hybridized carbons (Fsp3) is 0.292. The maximum atomic E-state index is 13.2. The summed E-state index contributed by atoms with van der Waals surface area (Å²) in [6.45, 7) is 0.924. The Balaban J connectivity index is 1.62. The molecule has 1 fully saturated rings. The van der Waals surface area contributed by atoms with Gasteiger partial charge in [-0.15, -0.1) is 0 Å². The third-order valence-electron chi connectivity index (χ3n) is 5.68. The molecule has 0 aliphatic carbocycles. The van der Waals surface area contributed by atoms with Crippen LogP contribution in [-0.4, -0.2) is 49.0 Å². The third kappa shape index (κ3) is 4.30. The molecule has 0 bridgehead atoms. The van der Waals surface area contributed by atoms with E-state index in [1.807, 2.05) is 30.3 Å². The molecule has 32 heavy (non-hydrogen) atoms. The summed E-state index contributed by atoms with van der Waals surface area (Å²) in [4.78, 5) is 32.1. The summed E-state index contributed by atoms with van der Waals surface area (Å²) >= 11 is 0. The van der Waals surface area contributed by atoms with Gasteiger partial charge in [-0.1, -0.05) is 18.2 Å². The summed E-state index contributed by atoms with van der Waals surface area (Å²) in [5, 5.41) is 2.97. The molecule has 2 unspecified atom stereocenters. The zero-order valence-corrected chi connectivity index (χ0v) is 18.0. The molecule has 0 radical (unpaired) electrons. The summed E-state index contributed by atoms with van der Waals surface area (Å²) in [5.41, 5.74) is 1.58. The van der Waals surface area contributed by atoms with Gasteiger partial charge >= 0.3 is 0 Å². The van der Waals surface area contributed by atoms with Crippen LogP contribution in [0, 0.1) is 5.92 Å². The highest BCUT2D eigenvalue weighted by Crippen LogP contribution is 2.42. The van der Waals surface area contributed by atoms with Gasteiger partial charge in [-0.3, -0.25) is 14.6 Å². The van der Waals surface area contributed by atoms with E-state index in [2.05, 4.69) is 10.3 Å². The van der Waals surface area contributed by atoms with Crippen LogP contribution in [0.1, 0.15) is 27.7 Å². The van der Waals surface area contributed by atoms with Crippen LogP contribution in [0.15, 0.2) is 65.4 Å². The number of carbonyl (C=O) groups excluding carboxylic acids is 2. The second kappa shape index (κ2) is 9.55. The van der Waals surface area contributed by atoms with E-state index < -0.39 is 5.92 Å². The Morgan fingerprint density at radius 1 is 1.09 bits per heavy atom. The van der Waals surface area contributed by atoms with Crippen molar-refractivity contribution < 1.29 is 23.5 Å². The van der Waals surface area contributed by atoms with E-state index >= 15 is 0 Å². The number of hydrogen-bond donors (Lipinski definition) is 1. The second-order valence-corrected chi connectivity index (χ2v) is 7.52. The van der Waals surface area contributed by atoms with Gasteiger partial charge in [-0.05, 0) is 30.3 Å². The van der Waals surface area contributed by atoms with Gasteiger partial charge in [0.1, 0.15) is 0 Å². The molecule has 3 aromatic rings. The van der Waals surface area contributed by atoms with E-state index in [1.165, 1.54) is 6.26 Å². The molecule has 1 saturated heterocycles. The number of nitrogens with zero attached hydrogens (tertiary/aromatic N) is 2. The SMILES string of the molecule is COc1cccc(C2CN(C(=O)c3ccco3)CC2C(=O)NCc2ccccn2)c1OC. The number of para-hydroxylation sites is 1. The van der Waals surface area contributed by atoms with Gasteiger partial charge in [0, 0.05) is 30.8 Å². The van der Waals surface area contributed by atoms with Crippen molar-refractivity contribution in [2.75, 3.05) is 27.3 Å². The molecule has 1 N–H and O–H groups in total. The monoisotopic (exact) mass is 435 g/mol. The largest absolute Gasteiger partial charge is 0.493 e. The Morgan fingerprint density at radius 3 is 2.66 bits per heavy atom. The van der Waals surface area contributed by atoms with Gasteiger partial charge in [-0.25, -0.2) is 0 Å². The van der Waals surface area contributed by atoms with E-state index in [4.69, 9.17) is 13.9 Å². The molecule has 0 spiro atoms. The molecule has 4 rings (SSSR count). The molecule has 0 saturated carbocycles. The Bertz CT molecular complexity index is 1070. The number of hydrogen-bond acceptors (Lipinski definition) is 6. The molecule has 2 atom stereocenters. The highest BCUT2D eigenvalue weighted by atomic mass is 16.5. The van der Waals surface area contributed by atoms with Gasteiger partial charge in [-0.2, -0.15) is 0 Å². The normalized spacial score (nSPS) is 17.8. The minimum atomic E-state index is -0.473. The van der Waals surface area contributed by atoms with Crippen LogP contribution in [0.25, 0.3) is 0 Å². The molecule has 1 aliphatic heterocycles. The predicted molar refractivity (Wildman–Crippen MR) is 116 cm³/mol. The van der Waals surface area contributed by atoms with Crippen LogP contribution in [0.4, 0.5) is 0 Å². The quantitative estimate of drug-likeness (QED) is 0.613. The average molecular weight is 435 g/mol. The maximum Gasteiger partial charge on any atom is 0.289 e. The molecule has 8 nitrogen and oxygen atoms in total. The first-order valence-corrected chi connectivity index (χ1v) is 10.3. The molecule has 1 aromatic carbocycles. The predicted octanol–water partition coefficient (Wildman–Crippen LogP) is 2.86. The number of pyridine rings is 1. The van der Waals surface area contributed by atoms with Gasteiger partial charge in [0.2, 0.25) is 5.91 Å². The highest BCUT2D eigenvalue weighted by Gasteiger charge is 2.42. The van der Waals surface area contributed by atoms with Gasteiger partial charge in [0.05, 0.1) is 38.6 Å². The fourth-order valence-electron chi connectivity index (χ4n) is 4.12. The lowest BCUT2D eigenvalue weighted by molar-refractivity contribution is -0.125. The maximum absolute atomic E-state index is 13.2. The Hall–Kier alpha value is -3.81. The number of aromatic nitrogens is 1. The molecule has 2 aromatic heterocycles. The van der Waals surface area contributed by atoms with E-state index in [0.717, 1.165) is 11.3 Å². The summed E-state index contributed by atoms with van der Waals surface area (Å²) in [5.74, 6) is 0.239. The van der Waals surface area contributed by atoms with Crippen LogP contribution in [0.5, 0.6) is 11.5 Å². The van der Waals surface area contributed by atoms with Crippen molar-refractivity contribution in [1.82, 2.24) is 15.2 Å². The van der Waals surface area contributed by atoms with Gasteiger partial charge in [0.15, 0.2) is 17.3 Å². The number of amides is 2. The van der Waals surface area contributed by atoms with Crippen molar-refractivity contribution in [2.45, 2.75) is 12.5 Å². The van der Waals surface area contributed by atoms with Crippen molar-refractivity contribution >= 4 is 11.8 Å². The number of furan rings is 1. The van der Waals surface area contributed by atoms with E-state index in [-0.39, 0.29) is 30.0 Å². The average Bonchev–Trinajstić information content (AvgIpc) is 3.53. The minimum Gasteiger partial charge on any atom is -0.493 e. The van der Waals surface area contributed by atoms with E-state index in [0.29, 0.717) is 24.6 Å². The molecule has 166 valence electrons. The van der Waals surface area contributed by atoms with Crippen LogP contribution >= 0.6 is 0 Å². The third-order valence-corrected chi connectivity index (χ3v) is 5.68. The number of nitrogens with one attached hydrogen (secondary N) is 1. The Morgan fingerprint density at radius 2 is 1.97 bits per heavy atom. The molecule has 8 heteroatoms. The van der Waals surface area contributed by atoms with Crippen LogP contribution in [0.2, 0.25) is 0 Å². The number of ether oxygens (including phenoxy) is 2. The molecular weight excluding hydrogens is 410 g/mol. The fourth-order valence-corrected chi connectivity index (χ4v) is 4.12. The lowest BCUT2D eigenvalue weighted by Gasteiger charge is -2.21. The van der Waals surface area contributed by atoms with Crippen molar-refractivity contribution in [3.63, 3.8) is 0 Å². The number of rotatable bonds is 7. The van der Waals surface area contributed by atoms with E-state index in [1.54, 1.807) is 43.5 Å². The smallest absolute Gasteiger partial charge is 0.289 e. The zero-order chi connectivity index (χ0) is 22.5. The minimum absolute atomic E-state index is 0.153. The lowest BCUT2D eigenvalue weighted by Crippen LogP contribution is -2.35. The molecule has 2 amide bonds. The molecule has 3 heterocycles. The van der Waals surface area contributed by atoms with Crippen molar-refractivity contribution in [1.29, 1.82) is 0 Å². The topological polar surface area (TPSA) is 93.9 Å². The first kappa shape index (κ1) is 21.4. The van der Waals surface area contributed by atoms with Crippen LogP contribution < -0.4 is 14.8 Å². The zero-order valence-electron chi connectivity index (χ0n) is 18.0. The standard InChI is InChI=1S/C24H25N3O5/c1-30-20-9-5-8-17(22(20)31-2)18-14-27(24(29)21-10-6-12-32-21)15-19(18)23(28)26-13-16-7-3-4-11-25-16/h3-12,18-19H,13-15H2,1-2H3,(H,26,28). The summed E-state index contributed by atoms with van der Waals surface area (Å²) < 4.78 is 16.3. The van der Waals surface area contributed by atoms with Crippen molar-refractivity contribution in [3.05, 3.63) is 78.0 Å². The second-order valence-electron chi connectivity index (χ2n) is 7.52. The van der Waals surface area contributed by atoms with Gasteiger partial charge < -0.3 is 24.1 Å². The van der Waals surface area contributed by atoms with Gasteiger partial charge in [0.25, 0.3) is 5.91 Å². The summed E-state index contributed by atoms with van der Waals surface area (Å²) in [7, 11) is 3.14. The number of likely N-dealkylation sites (tertiary alicyclic amines) is 1. The highest BCUT2D eigenvalue weighted by molar-refractivity contribution is 5.93. The van der Waals surface area contributed by atoms with Crippen molar-refractivity contribution in [2.24, 2.45) is 5.92 Å². The Kier molecular flexibility index (Phi) is 6.39. The van der Waals surface area contributed by atoms with Crippen molar-refractivity contribution in [3.8, 4) is 11.5 Å². The van der Waals surface area contributed by atoms with Crippen LogP contribution in [0.3, 0.4) is 0 Å². The summed E-state index contributed by atoms with van der Waals surface area (Å²) in [6.07, 6.45) is 3.15. The lowest BCUT2D eigenvalue weighted by atomic mass is 9.87. The van der Waals surface area contributed by atoms with Crippen LogP contribution in [-0.2, 0) is 11.3 Å². The number of carbonyl (C=O) groups is 2. The Labute approximate surface area is 186 Å². The number of methoxy groups -OCH3 is 2. The molecule has 1 aliphatic rings. The molecular formula is C24H25N3O5. The number of benzene rings is 1. The van der Waals surface area contributed by atoms with E-state index in [9.17, 15) is 9.59 Å².